The zero-order valence-electron chi connectivity index (χ0n) is 18.1. The van der Waals surface area contributed by atoms with Crippen molar-refractivity contribution in [1.82, 2.24) is 24.9 Å². The van der Waals surface area contributed by atoms with Gasteiger partial charge in [-0.1, -0.05) is 12.2 Å². The number of hydrogen-bond acceptors (Lipinski definition) is 4. The lowest BCUT2D eigenvalue weighted by Crippen LogP contribution is -2.36. The topological polar surface area (TPSA) is 70.5 Å². The molecule has 1 atom stereocenters. The van der Waals surface area contributed by atoms with Crippen LogP contribution in [-0.4, -0.2) is 65.1 Å². The van der Waals surface area contributed by atoms with Gasteiger partial charge in [-0.25, -0.2) is 0 Å². The molecule has 2 aliphatic rings. The van der Waals surface area contributed by atoms with Gasteiger partial charge < -0.3 is 15.1 Å². The van der Waals surface area contributed by atoms with Crippen LogP contribution >= 0.6 is 0 Å². The van der Waals surface area contributed by atoms with Crippen LogP contribution in [-0.2, 0) is 22.7 Å². The minimum atomic E-state index is 0.112. The number of likely N-dealkylation sites (tertiary alicyclic amines) is 1. The lowest BCUT2D eigenvalue weighted by Gasteiger charge is -2.30. The third-order valence-corrected chi connectivity index (χ3v) is 5.98. The average Bonchev–Trinajstić information content (AvgIpc) is 3.10. The van der Waals surface area contributed by atoms with Crippen LogP contribution in [0.15, 0.2) is 18.2 Å². The second-order valence-electron chi connectivity index (χ2n) is 8.57. The number of aromatic nitrogens is 2. The third-order valence-electron chi connectivity index (χ3n) is 5.98. The van der Waals surface area contributed by atoms with Gasteiger partial charge in [0.05, 0.1) is 17.9 Å². The molecule has 0 saturated carbocycles. The lowest BCUT2D eigenvalue weighted by atomic mass is 9.93. The maximum atomic E-state index is 12.4. The zero-order chi connectivity index (χ0) is 20.8. The molecule has 1 aliphatic carbocycles. The zero-order valence-corrected chi connectivity index (χ0v) is 18.1. The SMILES string of the molecule is CC(=O)N1CCC(c2cc(CN(C)C)n(CCNC(=O)[C@H]3CC=CCC3)n2)CC1. The summed E-state index contributed by atoms with van der Waals surface area (Å²) in [5, 5.41) is 7.99. The van der Waals surface area contributed by atoms with E-state index in [9.17, 15) is 9.59 Å². The van der Waals surface area contributed by atoms with Crippen LogP contribution in [0.4, 0.5) is 0 Å². The summed E-state index contributed by atoms with van der Waals surface area (Å²) in [7, 11) is 4.11. The molecule has 2 heterocycles. The van der Waals surface area contributed by atoms with Gasteiger partial charge in [0, 0.05) is 44.9 Å². The Bertz CT molecular complexity index is 732. The second-order valence-corrected chi connectivity index (χ2v) is 8.57. The summed E-state index contributed by atoms with van der Waals surface area (Å²) in [5.41, 5.74) is 2.29. The summed E-state index contributed by atoms with van der Waals surface area (Å²) in [6, 6.07) is 2.21. The van der Waals surface area contributed by atoms with Crippen LogP contribution in [0.25, 0.3) is 0 Å². The lowest BCUT2D eigenvalue weighted by molar-refractivity contribution is -0.130. The summed E-state index contributed by atoms with van der Waals surface area (Å²) in [4.78, 5) is 28.0. The van der Waals surface area contributed by atoms with Crippen molar-refractivity contribution in [3.05, 3.63) is 29.6 Å². The predicted molar refractivity (Wildman–Crippen MR) is 113 cm³/mol. The molecule has 1 aromatic rings. The van der Waals surface area contributed by atoms with Crippen molar-refractivity contribution in [2.45, 2.75) is 58.0 Å². The maximum absolute atomic E-state index is 12.4. The Morgan fingerprint density at radius 3 is 2.59 bits per heavy atom. The number of nitrogens with zero attached hydrogens (tertiary/aromatic N) is 4. The fourth-order valence-corrected chi connectivity index (χ4v) is 4.27. The van der Waals surface area contributed by atoms with E-state index in [1.807, 2.05) is 9.58 Å². The molecule has 0 spiro atoms. The largest absolute Gasteiger partial charge is 0.354 e. The van der Waals surface area contributed by atoms with Gasteiger partial charge in [0.25, 0.3) is 0 Å². The molecule has 1 fully saturated rings. The Kier molecular flexibility index (Phi) is 7.47. The average molecular weight is 402 g/mol. The molecule has 2 amide bonds. The summed E-state index contributed by atoms with van der Waals surface area (Å²) in [6.45, 7) is 5.36. The first-order valence-corrected chi connectivity index (χ1v) is 10.8. The van der Waals surface area contributed by atoms with E-state index in [2.05, 4.69) is 42.5 Å². The van der Waals surface area contributed by atoms with Gasteiger partial charge in [0.1, 0.15) is 0 Å². The van der Waals surface area contributed by atoms with Crippen molar-refractivity contribution < 1.29 is 9.59 Å². The number of allylic oxidation sites excluding steroid dienone is 2. The molecule has 1 saturated heterocycles. The monoisotopic (exact) mass is 401 g/mol. The van der Waals surface area contributed by atoms with E-state index >= 15 is 0 Å². The first-order chi connectivity index (χ1) is 13.9. The molecule has 7 nitrogen and oxygen atoms in total. The molecule has 0 bridgehead atoms. The highest BCUT2D eigenvalue weighted by molar-refractivity contribution is 5.78. The van der Waals surface area contributed by atoms with Crippen LogP contribution < -0.4 is 5.32 Å². The number of carbonyl (C=O) groups excluding carboxylic acids is 2. The second kappa shape index (κ2) is 10.1. The van der Waals surface area contributed by atoms with E-state index in [1.54, 1.807) is 6.92 Å². The molecule has 0 unspecified atom stereocenters. The van der Waals surface area contributed by atoms with Gasteiger partial charge in [0.2, 0.25) is 11.8 Å². The van der Waals surface area contributed by atoms with Crippen LogP contribution in [0.1, 0.15) is 56.3 Å². The van der Waals surface area contributed by atoms with Gasteiger partial charge in [0.15, 0.2) is 0 Å². The van der Waals surface area contributed by atoms with Crippen molar-refractivity contribution >= 4 is 11.8 Å². The summed E-state index contributed by atoms with van der Waals surface area (Å²) in [5.74, 6) is 0.830. The van der Waals surface area contributed by atoms with Crippen molar-refractivity contribution in [1.29, 1.82) is 0 Å². The maximum Gasteiger partial charge on any atom is 0.223 e. The Morgan fingerprint density at radius 2 is 1.97 bits per heavy atom. The first kappa shape index (κ1) is 21.6. The Balaban J connectivity index is 1.59. The fraction of sp³-hybridized carbons (Fsp3) is 0.682. The molecule has 29 heavy (non-hydrogen) atoms. The van der Waals surface area contributed by atoms with E-state index in [1.165, 1.54) is 5.69 Å². The van der Waals surface area contributed by atoms with Crippen LogP contribution in [0.3, 0.4) is 0 Å². The standard InChI is InChI=1S/C22H35N5O2/c1-17(28)26-12-9-18(10-13-26)21-15-20(16-25(2)3)27(24-21)14-11-23-22(29)19-7-5-4-6-8-19/h4-5,15,18-19H,6-14,16H2,1-3H3,(H,23,29)/t19-/m0/s1. The number of carbonyl (C=O) groups is 2. The van der Waals surface area contributed by atoms with Gasteiger partial charge in [-0.15, -0.1) is 0 Å². The Morgan fingerprint density at radius 1 is 1.21 bits per heavy atom. The highest BCUT2D eigenvalue weighted by Gasteiger charge is 2.25. The van der Waals surface area contributed by atoms with Gasteiger partial charge >= 0.3 is 0 Å². The van der Waals surface area contributed by atoms with Crippen LogP contribution in [0.2, 0.25) is 0 Å². The number of piperidine rings is 1. The van der Waals surface area contributed by atoms with Crippen molar-refractivity contribution in [2.24, 2.45) is 5.92 Å². The quantitative estimate of drug-likeness (QED) is 0.711. The van der Waals surface area contributed by atoms with E-state index in [4.69, 9.17) is 5.10 Å². The Labute approximate surface area is 174 Å². The molecule has 0 radical (unpaired) electrons. The number of rotatable bonds is 7. The first-order valence-electron chi connectivity index (χ1n) is 10.8. The molecule has 7 heteroatoms. The molecule has 1 aromatic heterocycles. The van der Waals surface area contributed by atoms with E-state index in [0.717, 1.165) is 57.4 Å². The Hall–Kier alpha value is -2.15. The normalized spacial score (nSPS) is 20.3. The highest BCUT2D eigenvalue weighted by Crippen LogP contribution is 2.28. The van der Waals surface area contributed by atoms with Crippen LogP contribution in [0.5, 0.6) is 0 Å². The number of nitrogens with one attached hydrogen (secondary N) is 1. The van der Waals surface area contributed by atoms with E-state index < -0.39 is 0 Å². The third kappa shape index (κ3) is 5.92. The fourth-order valence-electron chi connectivity index (χ4n) is 4.27. The highest BCUT2D eigenvalue weighted by atomic mass is 16.2. The van der Waals surface area contributed by atoms with Gasteiger partial charge in [-0.3, -0.25) is 14.3 Å². The van der Waals surface area contributed by atoms with Crippen molar-refractivity contribution in [2.75, 3.05) is 33.7 Å². The van der Waals surface area contributed by atoms with Crippen molar-refractivity contribution in [3.8, 4) is 0 Å². The van der Waals surface area contributed by atoms with E-state index in [0.29, 0.717) is 19.0 Å². The molecular weight excluding hydrogens is 366 g/mol. The molecular formula is C22H35N5O2. The number of amides is 2. The molecule has 160 valence electrons. The predicted octanol–water partition coefficient (Wildman–Crippen LogP) is 2.14. The smallest absolute Gasteiger partial charge is 0.223 e. The minimum absolute atomic E-state index is 0.112. The molecule has 0 aromatic carbocycles. The molecule has 1 aliphatic heterocycles. The summed E-state index contributed by atoms with van der Waals surface area (Å²) < 4.78 is 2.05. The summed E-state index contributed by atoms with van der Waals surface area (Å²) >= 11 is 0. The summed E-state index contributed by atoms with van der Waals surface area (Å²) in [6.07, 6.45) is 8.98. The molecule has 1 N–H and O–H groups in total. The minimum Gasteiger partial charge on any atom is -0.354 e. The van der Waals surface area contributed by atoms with Gasteiger partial charge in [-0.05, 0) is 52.3 Å². The van der Waals surface area contributed by atoms with Crippen LogP contribution in [0, 0.1) is 5.92 Å². The van der Waals surface area contributed by atoms with E-state index in [-0.39, 0.29) is 17.7 Å². The van der Waals surface area contributed by atoms with Crippen molar-refractivity contribution in [3.63, 3.8) is 0 Å². The number of hydrogen-bond donors (Lipinski definition) is 1. The molecule has 3 rings (SSSR count). The van der Waals surface area contributed by atoms with Gasteiger partial charge in [-0.2, -0.15) is 5.10 Å².